The van der Waals surface area contributed by atoms with Crippen LogP contribution in [0.1, 0.15) is 31.4 Å². The summed E-state index contributed by atoms with van der Waals surface area (Å²) in [5, 5.41) is 13.1. The summed E-state index contributed by atoms with van der Waals surface area (Å²) < 4.78 is 0. The first kappa shape index (κ1) is 13.3. The Kier molecular flexibility index (Phi) is 4.00. The van der Waals surface area contributed by atoms with Gasteiger partial charge in [-0.1, -0.05) is 72.7 Å². The van der Waals surface area contributed by atoms with Crippen LogP contribution < -0.4 is 0 Å². The molecule has 0 aliphatic rings. The van der Waals surface area contributed by atoms with Gasteiger partial charge in [-0.3, -0.25) is 0 Å². The van der Waals surface area contributed by atoms with Crippen molar-refractivity contribution in [2.24, 2.45) is 5.16 Å². The Labute approximate surface area is 114 Å². The van der Waals surface area contributed by atoms with E-state index in [-0.39, 0.29) is 5.41 Å². The molecule has 0 aliphatic heterocycles. The van der Waals surface area contributed by atoms with Crippen molar-refractivity contribution in [3.63, 3.8) is 0 Å². The minimum Gasteiger partial charge on any atom is -0.411 e. The highest BCUT2D eigenvalue weighted by molar-refractivity contribution is 6.07. The zero-order valence-electron chi connectivity index (χ0n) is 11.4. The van der Waals surface area contributed by atoms with Gasteiger partial charge in [-0.05, 0) is 18.9 Å². The summed E-state index contributed by atoms with van der Waals surface area (Å²) in [6, 6.07) is 20.0. The molecule has 0 bridgehead atoms. The van der Waals surface area contributed by atoms with Crippen molar-refractivity contribution >= 4 is 5.71 Å². The second-order valence-electron chi connectivity index (χ2n) is 4.87. The van der Waals surface area contributed by atoms with Crippen molar-refractivity contribution in [1.82, 2.24) is 0 Å². The highest BCUT2D eigenvalue weighted by Crippen LogP contribution is 2.32. The summed E-state index contributed by atoms with van der Waals surface area (Å²) in [5.74, 6) is 0. The largest absolute Gasteiger partial charge is 0.411 e. The average Bonchev–Trinajstić information content (AvgIpc) is 2.49. The molecule has 19 heavy (non-hydrogen) atoms. The topological polar surface area (TPSA) is 32.6 Å². The van der Waals surface area contributed by atoms with Gasteiger partial charge in [0.1, 0.15) is 0 Å². The lowest BCUT2D eigenvalue weighted by molar-refractivity contribution is 0.313. The van der Waals surface area contributed by atoms with E-state index in [9.17, 15) is 5.21 Å². The van der Waals surface area contributed by atoms with Crippen molar-refractivity contribution < 1.29 is 5.21 Å². The van der Waals surface area contributed by atoms with Crippen molar-refractivity contribution in [2.75, 3.05) is 0 Å². The average molecular weight is 253 g/mol. The maximum atomic E-state index is 9.50. The third kappa shape index (κ3) is 2.53. The zero-order chi connectivity index (χ0) is 13.7. The number of hydrogen-bond acceptors (Lipinski definition) is 2. The van der Waals surface area contributed by atoms with Crippen LogP contribution in [0.4, 0.5) is 0 Å². The molecule has 1 N–H and O–H groups in total. The second kappa shape index (κ2) is 5.70. The first-order valence-electron chi connectivity index (χ1n) is 6.56. The van der Waals surface area contributed by atoms with Gasteiger partial charge in [0.15, 0.2) is 0 Å². The molecule has 0 aromatic heterocycles. The fourth-order valence-electron chi connectivity index (χ4n) is 2.40. The molecule has 2 aromatic carbocycles. The van der Waals surface area contributed by atoms with Gasteiger partial charge in [0.2, 0.25) is 0 Å². The molecule has 2 aromatic rings. The highest BCUT2D eigenvalue weighted by Gasteiger charge is 2.32. The molecule has 0 saturated carbocycles. The Bertz CT molecular complexity index is 548. The number of benzene rings is 2. The van der Waals surface area contributed by atoms with Gasteiger partial charge in [-0.15, -0.1) is 0 Å². The van der Waals surface area contributed by atoms with E-state index >= 15 is 0 Å². The molecular formula is C17H19NO. The number of hydrogen-bond donors (Lipinski definition) is 1. The Balaban J connectivity index is 2.52. The van der Waals surface area contributed by atoms with E-state index in [2.05, 4.69) is 31.1 Å². The maximum absolute atomic E-state index is 9.50. The lowest BCUT2D eigenvalue weighted by Gasteiger charge is -2.30. The molecule has 0 unspecified atom stereocenters. The van der Waals surface area contributed by atoms with Crippen LogP contribution in [0, 0.1) is 0 Å². The van der Waals surface area contributed by atoms with Crippen molar-refractivity contribution in [2.45, 2.75) is 25.7 Å². The summed E-state index contributed by atoms with van der Waals surface area (Å²) >= 11 is 0. The molecule has 0 spiro atoms. The minimum absolute atomic E-state index is 0.294. The third-order valence-electron chi connectivity index (χ3n) is 3.79. The molecule has 2 heteroatoms. The minimum atomic E-state index is -0.294. The van der Waals surface area contributed by atoms with E-state index in [1.165, 1.54) is 0 Å². The molecule has 98 valence electrons. The van der Waals surface area contributed by atoms with E-state index in [4.69, 9.17) is 0 Å². The molecule has 0 aliphatic carbocycles. The van der Waals surface area contributed by atoms with Crippen LogP contribution in [-0.4, -0.2) is 10.9 Å². The predicted octanol–water partition coefficient (Wildman–Crippen LogP) is 4.23. The summed E-state index contributed by atoms with van der Waals surface area (Å²) in [5.41, 5.74) is 2.53. The second-order valence-corrected chi connectivity index (χ2v) is 4.87. The zero-order valence-corrected chi connectivity index (χ0v) is 11.4. The molecule has 0 heterocycles. The molecule has 0 amide bonds. The van der Waals surface area contributed by atoms with E-state index in [0.717, 1.165) is 17.5 Å². The maximum Gasteiger partial charge on any atom is 0.0970 e. The van der Waals surface area contributed by atoms with Gasteiger partial charge in [0, 0.05) is 11.0 Å². The molecule has 1 atom stereocenters. The van der Waals surface area contributed by atoms with Crippen LogP contribution in [0.3, 0.4) is 0 Å². The van der Waals surface area contributed by atoms with Crippen LogP contribution >= 0.6 is 0 Å². The first-order chi connectivity index (χ1) is 9.22. The molecular weight excluding hydrogens is 234 g/mol. The van der Waals surface area contributed by atoms with Crippen molar-refractivity contribution in [3.8, 4) is 0 Å². The van der Waals surface area contributed by atoms with Gasteiger partial charge in [0.25, 0.3) is 0 Å². The monoisotopic (exact) mass is 253 g/mol. The summed E-state index contributed by atoms with van der Waals surface area (Å²) in [4.78, 5) is 0. The lowest BCUT2D eigenvalue weighted by Crippen LogP contribution is -2.32. The summed E-state index contributed by atoms with van der Waals surface area (Å²) in [6.07, 6.45) is 0.866. The summed E-state index contributed by atoms with van der Waals surface area (Å²) in [7, 11) is 0. The number of oxime groups is 1. The van der Waals surface area contributed by atoms with E-state index < -0.39 is 0 Å². The Morgan fingerprint density at radius 1 is 1.00 bits per heavy atom. The molecule has 0 fully saturated rings. The Hall–Kier alpha value is -2.09. The summed E-state index contributed by atoms with van der Waals surface area (Å²) in [6.45, 7) is 4.23. The smallest absolute Gasteiger partial charge is 0.0970 e. The van der Waals surface area contributed by atoms with Crippen LogP contribution in [0.25, 0.3) is 0 Å². The molecule has 2 rings (SSSR count). The SMILES string of the molecule is CC[C@](C)(/C(=N\O)c1ccccc1)c1ccccc1. The van der Waals surface area contributed by atoms with E-state index in [0.29, 0.717) is 5.71 Å². The van der Waals surface area contributed by atoms with Crippen LogP contribution in [0.15, 0.2) is 65.8 Å². The normalized spacial score (nSPS) is 14.9. The third-order valence-corrected chi connectivity index (χ3v) is 3.79. The Morgan fingerprint density at radius 3 is 2.00 bits per heavy atom. The van der Waals surface area contributed by atoms with Gasteiger partial charge in [-0.2, -0.15) is 0 Å². The number of rotatable bonds is 4. The van der Waals surface area contributed by atoms with Gasteiger partial charge >= 0.3 is 0 Å². The van der Waals surface area contributed by atoms with Crippen LogP contribution in [0.2, 0.25) is 0 Å². The molecule has 2 nitrogen and oxygen atoms in total. The quantitative estimate of drug-likeness (QED) is 0.493. The number of nitrogens with zero attached hydrogens (tertiary/aromatic N) is 1. The lowest BCUT2D eigenvalue weighted by atomic mass is 9.73. The highest BCUT2D eigenvalue weighted by atomic mass is 16.4. The Morgan fingerprint density at radius 2 is 1.53 bits per heavy atom. The van der Waals surface area contributed by atoms with Gasteiger partial charge in [0.05, 0.1) is 5.71 Å². The van der Waals surface area contributed by atoms with E-state index in [1.54, 1.807) is 0 Å². The van der Waals surface area contributed by atoms with Crippen molar-refractivity contribution in [3.05, 3.63) is 71.8 Å². The van der Waals surface area contributed by atoms with Crippen LogP contribution in [0.5, 0.6) is 0 Å². The van der Waals surface area contributed by atoms with Gasteiger partial charge < -0.3 is 5.21 Å². The molecule has 0 saturated heterocycles. The van der Waals surface area contributed by atoms with Gasteiger partial charge in [-0.25, -0.2) is 0 Å². The molecule has 0 radical (unpaired) electrons. The predicted molar refractivity (Wildman–Crippen MR) is 78.9 cm³/mol. The standard InChI is InChI=1S/C17H19NO/c1-3-17(2,15-12-8-5-9-13-15)16(18-19)14-10-6-4-7-11-14/h4-13,19H,3H2,1-2H3/b18-16-/t17-/m0/s1. The fourth-order valence-corrected chi connectivity index (χ4v) is 2.40. The van der Waals surface area contributed by atoms with E-state index in [1.807, 2.05) is 48.5 Å². The van der Waals surface area contributed by atoms with Crippen LogP contribution in [-0.2, 0) is 5.41 Å². The van der Waals surface area contributed by atoms with Crippen molar-refractivity contribution in [1.29, 1.82) is 0 Å². The first-order valence-corrected chi connectivity index (χ1v) is 6.56. The fraction of sp³-hybridized carbons (Fsp3) is 0.235.